The Labute approximate surface area is 231 Å². The van der Waals surface area contributed by atoms with Gasteiger partial charge in [-0.1, -0.05) is 35.9 Å². The van der Waals surface area contributed by atoms with Crippen molar-refractivity contribution in [3.63, 3.8) is 0 Å². The highest BCUT2D eigenvalue weighted by Crippen LogP contribution is 2.26. The van der Waals surface area contributed by atoms with E-state index < -0.39 is 14.9 Å². The van der Waals surface area contributed by atoms with Gasteiger partial charge in [0.15, 0.2) is 0 Å². The molecule has 0 aromatic heterocycles. The van der Waals surface area contributed by atoms with Crippen molar-refractivity contribution in [3.8, 4) is 5.75 Å². The number of hydrogen-bond donors (Lipinski definition) is 0. The van der Waals surface area contributed by atoms with Crippen LogP contribution in [0.25, 0.3) is 0 Å². The molecule has 1 aliphatic heterocycles. The number of halogens is 1. The van der Waals surface area contributed by atoms with Crippen molar-refractivity contribution in [2.75, 3.05) is 33.3 Å². The minimum absolute atomic E-state index is 0.0231. The minimum Gasteiger partial charge on any atom is -0.489 e. The van der Waals surface area contributed by atoms with E-state index in [4.69, 9.17) is 21.1 Å². The smallest absolute Gasteiger partial charge is 0.309 e. The van der Waals surface area contributed by atoms with E-state index in [1.165, 1.54) is 35.7 Å². The number of ether oxygens (including phenoxy) is 2. The van der Waals surface area contributed by atoms with Crippen molar-refractivity contribution < 1.29 is 27.6 Å². The van der Waals surface area contributed by atoms with Gasteiger partial charge >= 0.3 is 5.97 Å². The van der Waals surface area contributed by atoms with Crippen LogP contribution in [0.2, 0.25) is 5.02 Å². The SMILES string of the molecule is COC(=O)Cc1ccc(OCc2ccc(Cl)cc2)c(CN2CCN(S(=O)(=O)c3ccc([N+](=O)[O-])cc3)CC2)c1. The summed E-state index contributed by atoms with van der Waals surface area (Å²) in [5.41, 5.74) is 2.45. The Bertz CT molecular complexity index is 1420. The number of esters is 1. The molecule has 1 saturated heterocycles. The Morgan fingerprint density at radius 2 is 1.62 bits per heavy atom. The van der Waals surface area contributed by atoms with Gasteiger partial charge in [0.1, 0.15) is 12.4 Å². The van der Waals surface area contributed by atoms with Crippen LogP contribution in [0, 0.1) is 10.1 Å². The monoisotopic (exact) mass is 573 g/mol. The van der Waals surface area contributed by atoms with Crippen molar-refractivity contribution in [1.29, 1.82) is 0 Å². The number of nitro groups is 1. The summed E-state index contributed by atoms with van der Waals surface area (Å²) in [6, 6.07) is 17.8. The van der Waals surface area contributed by atoms with Crippen LogP contribution in [0.15, 0.2) is 71.6 Å². The second-order valence-electron chi connectivity index (χ2n) is 9.04. The molecular weight excluding hydrogens is 546 g/mol. The van der Waals surface area contributed by atoms with E-state index in [2.05, 4.69) is 4.90 Å². The molecule has 1 heterocycles. The Morgan fingerprint density at radius 3 is 2.23 bits per heavy atom. The molecular formula is C27H28ClN3O7S. The largest absolute Gasteiger partial charge is 0.489 e. The van der Waals surface area contributed by atoms with E-state index in [0.717, 1.165) is 16.7 Å². The van der Waals surface area contributed by atoms with Gasteiger partial charge in [-0.15, -0.1) is 0 Å². The lowest BCUT2D eigenvalue weighted by atomic mass is 10.1. The summed E-state index contributed by atoms with van der Waals surface area (Å²) >= 11 is 5.97. The highest BCUT2D eigenvalue weighted by molar-refractivity contribution is 7.89. The zero-order chi connectivity index (χ0) is 28.0. The second kappa shape index (κ2) is 12.6. The lowest BCUT2D eigenvalue weighted by molar-refractivity contribution is -0.384. The number of carbonyl (C=O) groups is 1. The molecule has 0 radical (unpaired) electrons. The minimum atomic E-state index is -3.78. The molecule has 0 N–H and O–H groups in total. The van der Waals surface area contributed by atoms with Gasteiger partial charge in [0.25, 0.3) is 5.69 Å². The highest BCUT2D eigenvalue weighted by Gasteiger charge is 2.29. The van der Waals surface area contributed by atoms with E-state index >= 15 is 0 Å². The number of benzene rings is 3. The van der Waals surface area contributed by atoms with Gasteiger partial charge in [-0.25, -0.2) is 8.42 Å². The topological polar surface area (TPSA) is 119 Å². The Kier molecular flexibility index (Phi) is 9.18. The van der Waals surface area contributed by atoms with Gasteiger partial charge in [-0.2, -0.15) is 4.31 Å². The van der Waals surface area contributed by atoms with Crippen LogP contribution in [-0.2, 0) is 39.1 Å². The summed E-state index contributed by atoms with van der Waals surface area (Å²) in [5.74, 6) is 0.320. The molecule has 3 aromatic rings. The maximum atomic E-state index is 13.1. The van der Waals surface area contributed by atoms with Gasteiger partial charge < -0.3 is 9.47 Å². The summed E-state index contributed by atoms with van der Waals surface area (Å²) in [4.78, 5) is 24.3. The molecule has 12 heteroatoms. The number of hydrogen-bond acceptors (Lipinski definition) is 8. The molecule has 4 rings (SSSR count). The maximum absolute atomic E-state index is 13.1. The van der Waals surface area contributed by atoms with Gasteiger partial charge in [-0.3, -0.25) is 19.8 Å². The maximum Gasteiger partial charge on any atom is 0.309 e. The van der Waals surface area contributed by atoms with Crippen LogP contribution in [0.1, 0.15) is 16.7 Å². The van der Waals surface area contributed by atoms with Crippen LogP contribution in [0.3, 0.4) is 0 Å². The number of sulfonamides is 1. The molecule has 0 saturated carbocycles. The number of nitro benzene ring substituents is 1. The van der Waals surface area contributed by atoms with Crippen LogP contribution in [-0.4, -0.2) is 61.8 Å². The van der Waals surface area contributed by atoms with Crippen molar-refractivity contribution in [1.82, 2.24) is 9.21 Å². The number of methoxy groups -OCH3 is 1. The van der Waals surface area contributed by atoms with E-state index in [9.17, 15) is 23.3 Å². The summed E-state index contributed by atoms with van der Waals surface area (Å²) in [7, 11) is -2.43. The molecule has 1 aliphatic rings. The first kappa shape index (κ1) is 28.5. The van der Waals surface area contributed by atoms with Crippen LogP contribution < -0.4 is 4.74 Å². The average molecular weight is 574 g/mol. The fourth-order valence-electron chi connectivity index (χ4n) is 4.25. The molecule has 0 spiro atoms. The number of non-ortho nitro benzene ring substituents is 1. The molecule has 0 atom stereocenters. The van der Waals surface area contributed by atoms with Crippen molar-refractivity contribution in [2.45, 2.75) is 24.5 Å². The number of nitrogens with zero attached hydrogens (tertiary/aromatic N) is 3. The zero-order valence-electron chi connectivity index (χ0n) is 21.3. The van der Waals surface area contributed by atoms with Crippen molar-refractivity contribution in [2.24, 2.45) is 0 Å². The summed E-state index contributed by atoms with van der Waals surface area (Å²) < 4.78 is 38.4. The van der Waals surface area contributed by atoms with E-state index in [0.29, 0.717) is 37.0 Å². The molecule has 0 bridgehead atoms. The average Bonchev–Trinajstić information content (AvgIpc) is 2.94. The fourth-order valence-corrected chi connectivity index (χ4v) is 5.79. The normalized spacial score (nSPS) is 14.6. The Balaban J connectivity index is 1.45. The number of rotatable bonds is 10. The van der Waals surface area contributed by atoms with E-state index in [1.807, 2.05) is 30.3 Å². The predicted octanol–water partition coefficient (Wildman–Crippen LogP) is 4.05. The molecule has 0 amide bonds. The molecule has 10 nitrogen and oxygen atoms in total. The Morgan fingerprint density at radius 1 is 0.974 bits per heavy atom. The standard InChI is InChI=1S/C27H28ClN3O7S/c1-37-27(32)17-21-4-11-26(38-19-20-2-5-23(28)6-3-20)22(16-21)18-29-12-14-30(15-13-29)39(35,36)25-9-7-24(8-10-25)31(33)34/h2-11,16H,12-15,17-19H2,1H3. The van der Waals surface area contributed by atoms with Crippen molar-refractivity contribution in [3.05, 3.63) is 98.6 Å². The van der Waals surface area contributed by atoms with Crippen LogP contribution >= 0.6 is 11.6 Å². The lowest BCUT2D eigenvalue weighted by Gasteiger charge is -2.34. The third-order valence-corrected chi connectivity index (χ3v) is 8.58. The highest BCUT2D eigenvalue weighted by atomic mass is 35.5. The molecule has 206 valence electrons. The van der Waals surface area contributed by atoms with E-state index in [-0.39, 0.29) is 36.1 Å². The lowest BCUT2D eigenvalue weighted by Crippen LogP contribution is -2.48. The molecule has 0 aliphatic carbocycles. The molecule has 0 unspecified atom stereocenters. The molecule has 3 aromatic carbocycles. The third-order valence-electron chi connectivity index (χ3n) is 6.42. The van der Waals surface area contributed by atoms with Gasteiger partial charge in [0.2, 0.25) is 10.0 Å². The molecule has 39 heavy (non-hydrogen) atoms. The van der Waals surface area contributed by atoms with Crippen LogP contribution in [0.4, 0.5) is 5.69 Å². The van der Waals surface area contributed by atoms with Gasteiger partial charge in [0, 0.05) is 55.4 Å². The predicted molar refractivity (Wildman–Crippen MR) is 145 cm³/mol. The summed E-state index contributed by atoms with van der Waals surface area (Å²) in [5, 5.41) is 11.5. The quantitative estimate of drug-likeness (QED) is 0.202. The fraction of sp³-hybridized carbons (Fsp3) is 0.296. The molecule has 1 fully saturated rings. The summed E-state index contributed by atoms with van der Waals surface area (Å²) in [6.45, 7) is 2.32. The zero-order valence-corrected chi connectivity index (χ0v) is 22.9. The first-order valence-electron chi connectivity index (χ1n) is 12.2. The second-order valence-corrected chi connectivity index (χ2v) is 11.4. The first-order chi connectivity index (χ1) is 18.7. The number of carbonyl (C=O) groups excluding carboxylic acids is 1. The van der Waals surface area contributed by atoms with Crippen molar-refractivity contribution >= 4 is 33.3 Å². The van der Waals surface area contributed by atoms with Gasteiger partial charge in [-0.05, 0) is 41.5 Å². The van der Waals surface area contributed by atoms with E-state index in [1.54, 1.807) is 12.1 Å². The summed E-state index contributed by atoms with van der Waals surface area (Å²) in [6.07, 6.45) is 0.127. The number of piperazine rings is 1. The first-order valence-corrected chi connectivity index (χ1v) is 14.0. The Hall–Kier alpha value is -3.51. The van der Waals surface area contributed by atoms with Gasteiger partial charge in [0.05, 0.1) is 23.3 Å². The van der Waals surface area contributed by atoms with Crippen LogP contribution in [0.5, 0.6) is 5.75 Å². The third kappa shape index (κ3) is 7.33.